The summed E-state index contributed by atoms with van der Waals surface area (Å²) in [6.45, 7) is 0. The fourth-order valence-electron chi connectivity index (χ4n) is 1.36. The molecule has 0 unspecified atom stereocenters. The summed E-state index contributed by atoms with van der Waals surface area (Å²) < 4.78 is 9.88. The van der Waals surface area contributed by atoms with Crippen molar-refractivity contribution in [1.29, 1.82) is 5.26 Å². The minimum absolute atomic E-state index is 0.113. The predicted molar refractivity (Wildman–Crippen MR) is 54.7 cm³/mol. The summed E-state index contributed by atoms with van der Waals surface area (Å²) in [6, 6.07) is 6.75. The van der Waals surface area contributed by atoms with Crippen molar-refractivity contribution in [3.63, 3.8) is 0 Å². The van der Waals surface area contributed by atoms with Gasteiger partial charge in [-0.25, -0.2) is 9.78 Å². The Balaban J connectivity index is 2.46. The van der Waals surface area contributed by atoms with Crippen LogP contribution in [-0.4, -0.2) is 18.1 Å². The lowest BCUT2D eigenvalue weighted by atomic mass is 10.2. The van der Waals surface area contributed by atoms with Gasteiger partial charge >= 0.3 is 5.97 Å². The van der Waals surface area contributed by atoms with E-state index in [1.165, 1.54) is 7.11 Å². The van der Waals surface area contributed by atoms with Gasteiger partial charge in [0.1, 0.15) is 11.9 Å². The highest BCUT2D eigenvalue weighted by Gasteiger charge is 2.10. The second-order valence-corrected chi connectivity index (χ2v) is 3.12. The van der Waals surface area contributed by atoms with E-state index < -0.39 is 5.97 Å². The van der Waals surface area contributed by atoms with Gasteiger partial charge in [-0.3, -0.25) is 0 Å². The second kappa shape index (κ2) is 4.03. The Morgan fingerprint density at radius 1 is 1.62 bits per heavy atom. The van der Waals surface area contributed by atoms with Crippen LogP contribution in [0.5, 0.6) is 0 Å². The Bertz CT molecular complexity index is 580. The Morgan fingerprint density at radius 2 is 2.44 bits per heavy atom. The standard InChI is InChI=1S/C11H8N2O3/c1-15-11(14)7-2-3-9-8(6-7)13-10(16-9)4-5-12/h2-3,6H,4H2,1H3. The van der Waals surface area contributed by atoms with Gasteiger partial charge in [0.05, 0.1) is 18.7 Å². The minimum atomic E-state index is -0.424. The van der Waals surface area contributed by atoms with Crippen LogP contribution in [0.4, 0.5) is 0 Å². The van der Waals surface area contributed by atoms with Gasteiger partial charge in [-0.2, -0.15) is 5.26 Å². The molecule has 0 fully saturated rings. The largest absolute Gasteiger partial charge is 0.465 e. The van der Waals surface area contributed by atoms with Crippen molar-refractivity contribution in [2.75, 3.05) is 7.11 Å². The molecule has 0 aliphatic carbocycles. The third-order valence-electron chi connectivity index (χ3n) is 2.08. The maximum Gasteiger partial charge on any atom is 0.337 e. The highest BCUT2D eigenvalue weighted by atomic mass is 16.5. The molecule has 5 nitrogen and oxygen atoms in total. The lowest BCUT2D eigenvalue weighted by molar-refractivity contribution is 0.0601. The fraction of sp³-hybridized carbons (Fsp3) is 0.182. The number of hydrogen-bond acceptors (Lipinski definition) is 5. The lowest BCUT2D eigenvalue weighted by Crippen LogP contribution is -2.00. The molecule has 0 aliphatic heterocycles. The Kier molecular flexibility index (Phi) is 2.56. The number of aromatic nitrogens is 1. The molecule has 1 aromatic heterocycles. The highest BCUT2D eigenvalue weighted by Crippen LogP contribution is 2.17. The van der Waals surface area contributed by atoms with Crippen LogP contribution >= 0.6 is 0 Å². The molecule has 0 saturated carbocycles. The van der Waals surface area contributed by atoms with E-state index in [0.717, 1.165) is 0 Å². The number of nitrogens with zero attached hydrogens (tertiary/aromatic N) is 2. The molecular formula is C11H8N2O3. The van der Waals surface area contributed by atoms with E-state index in [0.29, 0.717) is 22.6 Å². The van der Waals surface area contributed by atoms with Gasteiger partial charge in [-0.15, -0.1) is 0 Å². The summed E-state index contributed by atoms with van der Waals surface area (Å²) >= 11 is 0. The van der Waals surface area contributed by atoms with Crippen LogP contribution in [0.1, 0.15) is 16.2 Å². The smallest absolute Gasteiger partial charge is 0.337 e. The van der Waals surface area contributed by atoms with Crippen LogP contribution in [0.15, 0.2) is 22.6 Å². The Hall–Kier alpha value is -2.35. The van der Waals surface area contributed by atoms with Crippen molar-refractivity contribution in [2.24, 2.45) is 0 Å². The molecule has 0 amide bonds. The summed E-state index contributed by atoms with van der Waals surface area (Å²) in [7, 11) is 1.32. The summed E-state index contributed by atoms with van der Waals surface area (Å²) in [5.74, 6) is -0.0775. The Labute approximate surface area is 91.3 Å². The SMILES string of the molecule is COC(=O)c1ccc2oc(CC#N)nc2c1. The summed E-state index contributed by atoms with van der Waals surface area (Å²) in [5.41, 5.74) is 1.51. The van der Waals surface area contributed by atoms with Crippen molar-refractivity contribution in [3.05, 3.63) is 29.7 Å². The van der Waals surface area contributed by atoms with Crippen molar-refractivity contribution in [1.82, 2.24) is 4.98 Å². The van der Waals surface area contributed by atoms with Crippen molar-refractivity contribution < 1.29 is 13.9 Å². The first-order valence-corrected chi connectivity index (χ1v) is 4.59. The average Bonchev–Trinajstić information content (AvgIpc) is 2.69. The quantitative estimate of drug-likeness (QED) is 0.714. The van der Waals surface area contributed by atoms with Crippen LogP contribution < -0.4 is 0 Å². The first kappa shape index (κ1) is 10.2. The summed E-state index contributed by atoms with van der Waals surface area (Å²) in [4.78, 5) is 15.3. The summed E-state index contributed by atoms with van der Waals surface area (Å²) in [5, 5.41) is 8.50. The van der Waals surface area contributed by atoms with Crippen LogP contribution in [0, 0.1) is 11.3 Å². The number of hydrogen-bond donors (Lipinski definition) is 0. The molecule has 0 radical (unpaired) electrons. The fourth-order valence-corrected chi connectivity index (χ4v) is 1.36. The zero-order valence-corrected chi connectivity index (χ0v) is 8.56. The van der Waals surface area contributed by atoms with Gasteiger partial charge in [0.15, 0.2) is 5.58 Å². The number of nitriles is 1. The maximum absolute atomic E-state index is 11.3. The first-order chi connectivity index (χ1) is 7.74. The number of ether oxygens (including phenoxy) is 1. The number of carbonyl (C=O) groups is 1. The number of methoxy groups -OCH3 is 1. The number of carbonyl (C=O) groups excluding carboxylic acids is 1. The minimum Gasteiger partial charge on any atom is -0.465 e. The zero-order valence-electron chi connectivity index (χ0n) is 8.56. The van der Waals surface area contributed by atoms with Crippen LogP contribution in [-0.2, 0) is 11.2 Å². The number of benzene rings is 1. The van der Waals surface area contributed by atoms with E-state index in [-0.39, 0.29) is 6.42 Å². The van der Waals surface area contributed by atoms with Crippen molar-refractivity contribution in [3.8, 4) is 6.07 Å². The predicted octanol–water partition coefficient (Wildman–Crippen LogP) is 1.68. The zero-order chi connectivity index (χ0) is 11.5. The molecule has 2 rings (SSSR count). The van der Waals surface area contributed by atoms with E-state index in [1.807, 2.05) is 6.07 Å². The maximum atomic E-state index is 11.3. The van der Waals surface area contributed by atoms with E-state index in [2.05, 4.69) is 9.72 Å². The van der Waals surface area contributed by atoms with Gasteiger partial charge in [-0.05, 0) is 18.2 Å². The number of fused-ring (bicyclic) bond motifs is 1. The van der Waals surface area contributed by atoms with Gasteiger partial charge in [0.25, 0.3) is 0 Å². The molecule has 0 N–H and O–H groups in total. The Morgan fingerprint density at radius 3 is 3.12 bits per heavy atom. The average molecular weight is 216 g/mol. The molecule has 5 heteroatoms. The lowest BCUT2D eigenvalue weighted by Gasteiger charge is -1.96. The number of rotatable bonds is 2. The normalized spacial score (nSPS) is 10.0. The number of oxazole rings is 1. The topological polar surface area (TPSA) is 76.1 Å². The molecule has 1 aromatic carbocycles. The van der Waals surface area contributed by atoms with Gasteiger partial charge in [0, 0.05) is 0 Å². The van der Waals surface area contributed by atoms with Crippen LogP contribution in [0.2, 0.25) is 0 Å². The van der Waals surface area contributed by atoms with Gasteiger partial charge in [0.2, 0.25) is 5.89 Å². The van der Waals surface area contributed by atoms with Crippen LogP contribution in [0.25, 0.3) is 11.1 Å². The molecule has 1 heterocycles. The molecule has 16 heavy (non-hydrogen) atoms. The molecule has 80 valence electrons. The molecular weight excluding hydrogens is 208 g/mol. The molecule has 2 aromatic rings. The van der Waals surface area contributed by atoms with Gasteiger partial charge < -0.3 is 9.15 Å². The van der Waals surface area contributed by atoms with E-state index in [1.54, 1.807) is 18.2 Å². The molecule has 0 saturated heterocycles. The highest BCUT2D eigenvalue weighted by molar-refractivity contribution is 5.93. The van der Waals surface area contributed by atoms with Crippen molar-refractivity contribution >= 4 is 17.1 Å². The first-order valence-electron chi connectivity index (χ1n) is 4.59. The molecule has 0 bridgehead atoms. The third kappa shape index (κ3) is 1.73. The third-order valence-corrected chi connectivity index (χ3v) is 2.08. The van der Waals surface area contributed by atoms with E-state index in [4.69, 9.17) is 9.68 Å². The van der Waals surface area contributed by atoms with Gasteiger partial charge in [-0.1, -0.05) is 0 Å². The van der Waals surface area contributed by atoms with E-state index >= 15 is 0 Å². The van der Waals surface area contributed by atoms with Crippen molar-refractivity contribution in [2.45, 2.75) is 6.42 Å². The number of esters is 1. The molecule has 0 spiro atoms. The summed E-state index contributed by atoms with van der Waals surface area (Å²) in [6.07, 6.45) is 0.113. The van der Waals surface area contributed by atoms with Crippen LogP contribution in [0.3, 0.4) is 0 Å². The molecule has 0 atom stereocenters. The van der Waals surface area contributed by atoms with E-state index in [9.17, 15) is 4.79 Å². The monoisotopic (exact) mass is 216 g/mol. The molecule has 0 aliphatic rings. The second-order valence-electron chi connectivity index (χ2n) is 3.12.